The van der Waals surface area contributed by atoms with Crippen LogP contribution in [0.1, 0.15) is 35.3 Å². The molecule has 2 aromatic rings. The third-order valence-corrected chi connectivity index (χ3v) is 2.97. The van der Waals surface area contributed by atoms with E-state index in [-0.39, 0.29) is 5.91 Å². The molecule has 0 spiro atoms. The molecule has 0 heterocycles. The molecule has 2 aromatic carbocycles. The number of anilines is 1. The lowest BCUT2D eigenvalue weighted by atomic mass is 10.1. The van der Waals surface area contributed by atoms with Gasteiger partial charge in [-0.25, -0.2) is 0 Å². The predicted octanol–water partition coefficient (Wildman–Crippen LogP) is 4.59. The van der Waals surface area contributed by atoms with Crippen LogP contribution >= 0.6 is 0 Å². The number of rotatable bonds is 3. The maximum Gasteiger partial charge on any atom is 0.255 e. The molecule has 21 heavy (non-hydrogen) atoms. The Morgan fingerprint density at radius 1 is 1.00 bits per heavy atom. The molecule has 0 aliphatic heterocycles. The molecule has 0 aliphatic carbocycles. The summed E-state index contributed by atoms with van der Waals surface area (Å²) in [7, 11) is 1.62. The molecule has 0 aliphatic rings. The fraction of sp³-hybridized carbons (Fsp3) is 0.278. The van der Waals surface area contributed by atoms with E-state index in [0.717, 1.165) is 17.0 Å². The second-order valence-corrected chi connectivity index (χ2v) is 4.50. The van der Waals surface area contributed by atoms with Crippen molar-refractivity contribution in [1.29, 1.82) is 0 Å². The van der Waals surface area contributed by atoms with Gasteiger partial charge in [-0.15, -0.1) is 0 Å². The second kappa shape index (κ2) is 8.10. The average Bonchev–Trinajstić information content (AvgIpc) is 2.51. The smallest absolute Gasteiger partial charge is 0.255 e. The molecule has 0 unspecified atom stereocenters. The first-order valence-corrected chi connectivity index (χ1v) is 7.13. The van der Waals surface area contributed by atoms with Gasteiger partial charge in [0.15, 0.2) is 0 Å². The Kier molecular flexibility index (Phi) is 6.47. The molecule has 3 nitrogen and oxygen atoms in total. The average molecular weight is 285 g/mol. The topological polar surface area (TPSA) is 38.3 Å². The summed E-state index contributed by atoms with van der Waals surface area (Å²) in [5.41, 5.74) is 3.53. The summed E-state index contributed by atoms with van der Waals surface area (Å²) in [4.78, 5) is 12.1. The number of nitrogens with one attached hydrogen (secondary N) is 1. The molecule has 0 atom stereocenters. The van der Waals surface area contributed by atoms with E-state index in [1.54, 1.807) is 19.2 Å². The van der Waals surface area contributed by atoms with Gasteiger partial charge in [0.1, 0.15) is 5.75 Å². The van der Waals surface area contributed by atoms with Gasteiger partial charge in [0.25, 0.3) is 5.91 Å². The van der Waals surface area contributed by atoms with Crippen LogP contribution in [0.2, 0.25) is 0 Å². The highest BCUT2D eigenvalue weighted by Gasteiger charge is 2.08. The van der Waals surface area contributed by atoms with Crippen molar-refractivity contribution in [2.45, 2.75) is 27.7 Å². The lowest BCUT2D eigenvalue weighted by molar-refractivity contribution is 0.102. The van der Waals surface area contributed by atoms with Gasteiger partial charge in [-0.05, 0) is 49.7 Å². The summed E-state index contributed by atoms with van der Waals surface area (Å²) in [6.07, 6.45) is 0. The number of amides is 1. The highest BCUT2D eigenvalue weighted by molar-refractivity contribution is 6.04. The minimum Gasteiger partial charge on any atom is -0.496 e. The molecule has 1 N–H and O–H groups in total. The Hall–Kier alpha value is -2.29. The van der Waals surface area contributed by atoms with Crippen LogP contribution in [0.5, 0.6) is 5.75 Å². The van der Waals surface area contributed by atoms with Crippen LogP contribution in [0.3, 0.4) is 0 Å². The lowest BCUT2D eigenvalue weighted by Gasteiger charge is -2.08. The summed E-state index contributed by atoms with van der Waals surface area (Å²) in [6, 6.07) is 13.1. The van der Waals surface area contributed by atoms with Crippen LogP contribution in [0.4, 0.5) is 5.69 Å². The summed E-state index contributed by atoms with van der Waals surface area (Å²) in [5.74, 6) is 0.668. The zero-order valence-corrected chi connectivity index (χ0v) is 13.4. The van der Waals surface area contributed by atoms with Crippen LogP contribution in [-0.2, 0) is 0 Å². The third kappa shape index (κ3) is 4.63. The van der Waals surface area contributed by atoms with Crippen LogP contribution in [0.15, 0.2) is 42.5 Å². The van der Waals surface area contributed by atoms with Crippen LogP contribution < -0.4 is 10.1 Å². The molecule has 0 radical (unpaired) electrons. The first kappa shape index (κ1) is 16.8. The van der Waals surface area contributed by atoms with Gasteiger partial charge in [0, 0.05) is 11.3 Å². The van der Waals surface area contributed by atoms with Gasteiger partial charge < -0.3 is 10.1 Å². The number of benzene rings is 2. The molecule has 0 fully saturated rings. The molecule has 0 bridgehead atoms. The molecule has 112 valence electrons. The Morgan fingerprint density at radius 3 is 2.14 bits per heavy atom. The Labute approximate surface area is 127 Å². The SMILES string of the molecule is CC.COc1ccc(C(=O)Nc2ccc(C)cc2)cc1C. The van der Waals surface area contributed by atoms with E-state index >= 15 is 0 Å². The zero-order chi connectivity index (χ0) is 15.8. The van der Waals surface area contributed by atoms with E-state index in [1.165, 1.54) is 5.56 Å². The Balaban J connectivity index is 0.00000106. The third-order valence-electron chi connectivity index (χ3n) is 2.97. The predicted molar refractivity (Wildman–Crippen MR) is 88.2 cm³/mol. The number of aryl methyl sites for hydroxylation is 2. The molecule has 0 saturated heterocycles. The Bertz CT molecular complexity index is 589. The van der Waals surface area contributed by atoms with Gasteiger partial charge in [0.2, 0.25) is 0 Å². The van der Waals surface area contributed by atoms with Crippen molar-refractivity contribution in [2.75, 3.05) is 12.4 Å². The zero-order valence-electron chi connectivity index (χ0n) is 13.4. The summed E-state index contributed by atoms with van der Waals surface area (Å²) in [6.45, 7) is 7.93. The summed E-state index contributed by atoms with van der Waals surface area (Å²) < 4.78 is 5.18. The number of methoxy groups -OCH3 is 1. The van der Waals surface area contributed by atoms with Crippen molar-refractivity contribution in [2.24, 2.45) is 0 Å². The van der Waals surface area contributed by atoms with E-state index in [1.807, 2.05) is 58.0 Å². The minimum absolute atomic E-state index is 0.116. The number of hydrogen-bond donors (Lipinski definition) is 1. The van der Waals surface area contributed by atoms with E-state index in [0.29, 0.717) is 5.56 Å². The standard InChI is InChI=1S/C16H17NO2.C2H6/c1-11-4-7-14(8-5-11)17-16(18)13-6-9-15(19-3)12(2)10-13;1-2/h4-10H,1-3H3,(H,17,18);1-2H3. The van der Waals surface area contributed by atoms with Crippen molar-refractivity contribution < 1.29 is 9.53 Å². The van der Waals surface area contributed by atoms with E-state index in [4.69, 9.17) is 4.74 Å². The summed E-state index contributed by atoms with van der Waals surface area (Å²) >= 11 is 0. The van der Waals surface area contributed by atoms with Crippen LogP contribution in [0, 0.1) is 13.8 Å². The van der Waals surface area contributed by atoms with Gasteiger partial charge in [0.05, 0.1) is 7.11 Å². The molecule has 1 amide bonds. The van der Waals surface area contributed by atoms with Crippen molar-refractivity contribution >= 4 is 11.6 Å². The largest absolute Gasteiger partial charge is 0.496 e. The van der Waals surface area contributed by atoms with Crippen molar-refractivity contribution in [3.05, 3.63) is 59.2 Å². The number of ether oxygens (including phenoxy) is 1. The van der Waals surface area contributed by atoms with Crippen molar-refractivity contribution in [1.82, 2.24) is 0 Å². The molecule has 0 aromatic heterocycles. The van der Waals surface area contributed by atoms with E-state index < -0.39 is 0 Å². The quantitative estimate of drug-likeness (QED) is 0.895. The van der Waals surface area contributed by atoms with Gasteiger partial charge in [-0.3, -0.25) is 4.79 Å². The fourth-order valence-electron chi connectivity index (χ4n) is 1.86. The molecule has 0 saturated carbocycles. The van der Waals surface area contributed by atoms with E-state index in [9.17, 15) is 4.79 Å². The number of hydrogen-bond acceptors (Lipinski definition) is 2. The maximum absolute atomic E-state index is 12.1. The maximum atomic E-state index is 12.1. The molecule has 3 heteroatoms. The molecular weight excluding hydrogens is 262 g/mol. The first-order chi connectivity index (χ1) is 10.1. The lowest BCUT2D eigenvalue weighted by Crippen LogP contribution is -2.12. The van der Waals surface area contributed by atoms with Crippen molar-refractivity contribution in [3.8, 4) is 5.75 Å². The van der Waals surface area contributed by atoms with Crippen LogP contribution in [-0.4, -0.2) is 13.0 Å². The normalized spacial score (nSPS) is 9.38. The highest BCUT2D eigenvalue weighted by Crippen LogP contribution is 2.19. The number of carbonyl (C=O) groups is 1. The van der Waals surface area contributed by atoms with Gasteiger partial charge >= 0.3 is 0 Å². The number of carbonyl (C=O) groups excluding carboxylic acids is 1. The first-order valence-electron chi connectivity index (χ1n) is 7.13. The highest BCUT2D eigenvalue weighted by atomic mass is 16.5. The van der Waals surface area contributed by atoms with Gasteiger partial charge in [-0.1, -0.05) is 31.5 Å². The Morgan fingerprint density at radius 2 is 1.62 bits per heavy atom. The van der Waals surface area contributed by atoms with Gasteiger partial charge in [-0.2, -0.15) is 0 Å². The summed E-state index contributed by atoms with van der Waals surface area (Å²) in [5, 5.41) is 2.87. The van der Waals surface area contributed by atoms with Crippen LogP contribution in [0.25, 0.3) is 0 Å². The van der Waals surface area contributed by atoms with E-state index in [2.05, 4.69) is 5.32 Å². The molecular formula is C18H23NO2. The second-order valence-electron chi connectivity index (χ2n) is 4.50. The van der Waals surface area contributed by atoms with Crippen molar-refractivity contribution in [3.63, 3.8) is 0 Å². The fourth-order valence-corrected chi connectivity index (χ4v) is 1.86. The minimum atomic E-state index is -0.116. The molecule has 2 rings (SSSR count). The monoisotopic (exact) mass is 285 g/mol.